The van der Waals surface area contributed by atoms with Crippen LogP contribution in [0.4, 0.5) is 0 Å². The first-order valence-electron chi connectivity index (χ1n) is 15.9. The van der Waals surface area contributed by atoms with E-state index in [0.29, 0.717) is 61.8 Å². The van der Waals surface area contributed by atoms with Gasteiger partial charge in [-0.15, -0.1) is 5.92 Å². The van der Waals surface area contributed by atoms with E-state index in [-0.39, 0.29) is 59.9 Å². The highest BCUT2D eigenvalue weighted by Gasteiger charge is 2.38. The van der Waals surface area contributed by atoms with Gasteiger partial charge in [-0.1, -0.05) is 43.7 Å². The summed E-state index contributed by atoms with van der Waals surface area (Å²) in [4.78, 5) is 17.5. The maximum Gasteiger partial charge on any atom is 0.201 e. The molecule has 0 fully saturated rings. The molecular formula is C36H43N3O7. The summed E-state index contributed by atoms with van der Waals surface area (Å²) in [5, 5.41) is 47.6. The molecule has 1 heterocycles. The van der Waals surface area contributed by atoms with Crippen LogP contribution in [0.25, 0.3) is 0 Å². The fourth-order valence-corrected chi connectivity index (χ4v) is 6.34. The van der Waals surface area contributed by atoms with Crippen LogP contribution in [0.2, 0.25) is 0 Å². The van der Waals surface area contributed by atoms with Gasteiger partial charge in [0.05, 0.1) is 24.7 Å². The fourth-order valence-electron chi connectivity index (χ4n) is 6.34. The van der Waals surface area contributed by atoms with Crippen LogP contribution in [0.15, 0.2) is 23.2 Å². The number of ketones is 1. The minimum atomic E-state index is -1.21. The van der Waals surface area contributed by atoms with Crippen molar-refractivity contribution < 1.29 is 34.7 Å². The van der Waals surface area contributed by atoms with Crippen LogP contribution in [-0.4, -0.2) is 64.8 Å². The Morgan fingerprint density at radius 3 is 2.70 bits per heavy atom. The zero-order valence-electron chi connectivity index (χ0n) is 26.6. The number of benzene rings is 2. The van der Waals surface area contributed by atoms with Crippen molar-refractivity contribution in [2.24, 2.45) is 34.4 Å². The predicted octanol–water partition coefficient (Wildman–Crippen LogP) is 2.58. The molecule has 5 bridgehead atoms. The van der Waals surface area contributed by atoms with E-state index in [1.165, 1.54) is 13.2 Å². The van der Waals surface area contributed by atoms with Crippen LogP contribution in [0, 0.1) is 47.4 Å². The van der Waals surface area contributed by atoms with Crippen LogP contribution >= 0.6 is 0 Å². The Morgan fingerprint density at radius 2 is 1.93 bits per heavy atom. The monoisotopic (exact) mass is 629 g/mol. The summed E-state index contributed by atoms with van der Waals surface area (Å²) in [6.07, 6.45) is -0.523. The molecule has 0 unspecified atom stereocenters. The summed E-state index contributed by atoms with van der Waals surface area (Å²) in [5.74, 6) is 12.3. The van der Waals surface area contributed by atoms with Crippen molar-refractivity contribution in [1.29, 1.82) is 0 Å². The van der Waals surface area contributed by atoms with Gasteiger partial charge in [-0.05, 0) is 48.3 Å². The summed E-state index contributed by atoms with van der Waals surface area (Å²) in [6.45, 7) is 5.09. The van der Waals surface area contributed by atoms with Crippen LogP contribution in [0.5, 0.6) is 23.0 Å². The van der Waals surface area contributed by atoms with Gasteiger partial charge >= 0.3 is 0 Å². The van der Waals surface area contributed by atoms with Crippen molar-refractivity contribution in [3.63, 3.8) is 0 Å². The summed E-state index contributed by atoms with van der Waals surface area (Å²) >= 11 is 0. The van der Waals surface area contributed by atoms with Crippen LogP contribution in [0.3, 0.4) is 0 Å². The van der Waals surface area contributed by atoms with E-state index in [0.717, 1.165) is 16.7 Å². The molecule has 7 N–H and O–H groups in total. The van der Waals surface area contributed by atoms with E-state index in [2.05, 4.69) is 47.8 Å². The minimum Gasteiger partial charge on any atom is -0.504 e. The number of Topliss-reactive ketones (excluding diaryl/α,β-unsaturated/α-hetero) is 1. The number of nitrogens with one attached hydrogen (secondary N) is 1. The van der Waals surface area contributed by atoms with Crippen LogP contribution < -0.4 is 20.5 Å². The quantitative estimate of drug-likeness (QED) is 0.166. The lowest BCUT2D eigenvalue weighted by atomic mass is 9.77. The lowest BCUT2D eigenvalue weighted by molar-refractivity contribution is -0.121. The first-order valence-corrected chi connectivity index (χ1v) is 15.9. The van der Waals surface area contributed by atoms with Gasteiger partial charge in [0.1, 0.15) is 5.78 Å². The van der Waals surface area contributed by atoms with Crippen LogP contribution in [-0.2, 0) is 30.5 Å². The number of nitrogens with two attached hydrogens (primary N) is 1. The van der Waals surface area contributed by atoms with Crippen LogP contribution in [0.1, 0.15) is 60.9 Å². The number of carbonyl (C=O) groups is 1. The van der Waals surface area contributed by atoms with Crippen molar-refractivity contribution in [2.75, 3.05) is 20.2 Å². The number of methoxy groups -OCH3 is 1. The highest BCUT2D eigenvalue weighted by molar-refractivity contribution is 5.79. The normalized spacial score (nSPS) is 24.3. The molecule has 244 valence electrons. The van der Waals surface area contributed by atoms with Gasteiger partial charge in [0.15, 0.2) is 29.0 Å². The fraction of sp³-hybridized carbons (Fsp3) is 0.500. The molecule has 5 rings (SSSR count). The maximum atomic E-state index is 13.1. The average molecular weight is 630 g/mol. The maximum absolute atomic E-state index is 13.1. The molecule has 10 nitrogen and oxygen atoms in total. The minimum absolute atomic E-state index is 0.0722. The Morgan fingerprint density at radius 1 is 1.13 bits per heavy atom. The standard InChI is InChI=1S/C36H43N3O7/c1-20(2)18-38-36(37)39-19-24-8-4-6-22-14-25-15-23(32(43)34-28(25)17-29(24)35(44)46-34)7-5-9-27-21(10-12-26(40)16-31(22)42)11-13-30(41)33(27)45-3/h11,13,15,20,22,24,29,31,35,41-44H,7-8,10,12,14,16-19H2,1-3H3,(H3,37,38,39)/t22-,24-,29-,31-,35-/m0/s1. The number of rotatable bonds is 5. The third kappa shape index (κ3) is 7.36. The molecule has 0 radical (unpaired) electrons. The number of ether oxygens (including phenoxy) is 2. The molecule has 0 saturated heterocycles. The number of aromatic hydroxyl groups is 2. The van der Waals surface area contributed by atoms with Crippen molar-refractivity contribution in [3.05, 3.63) is 46.0 Å². The highest BCUT2D eigenvalue weighted by Crippen LogP contribution is 2.45. The van der Waals surface area contributed by atoms with Gasteiger partial charge in [0.2, 0.25) is 6.29 Å². The zero-order chi connectivity index (χ0) is 33.0. The van der Waals surface area contributed by atoms with Crippen molar-refractivity contribution in [2.45, 2.75) is 71.2 Å². The average Bonchev–Trinajstić information content (AvgIpc) is 3.02. The molecule has 0 saturated carbocycles. The van der Waals surface area contributed by atoms with Gasteiger partial charge < -0.3 is 41.0 Å². The molecule has 0 amide bonds. The number of hydrogen-bond donors (Lipinski definition) is 6. The second-order valence-corrected chi connectivity index (χ2v) is 12.8. The third-order valence-corrected chi connectivity index (χ3v) is 8.94. The number of aryl methyl sites for hydroxylation is 1. The lowest BCUT2D eigenvalue weighted by Gasteiger charge is -2.37. The molecule has 0 spiro atoms. The molecule has 2 aromatic rings. The van der Waals surface area contributed by atoms with Gasteiger partial charge in [0, 0.05) is 55.8 Å². The second-order valence-electron chi connectivity index (χ2n) is 12.8. The number of aliphatic hydroxyl groups is 2. The highest BCUT2D eigenvalue weighted by atomic mass is 16.6. The molecule has 46 heavy (non-hydrogen) atoms. The molecule has 5 atom stereocenters. The third-order valence-electron chi connectivity index (χ3n) is 8.94. The summed E-state index contributed by atoms with van der Waals surface area (Å²) in [6, 6.07) is 5.07. The molecular weight excluding hydrogens is 586 g/mol. The molecule has 10 heteroatoms. The molecule has 0 aromatic heterocycles. The van der Waals surface area contributed by atoms with E-state index in [1.807, 2.05) is 6.07 Å². The smallest absolute Gasteiger partial charge is 0.201 e. The number of nitrogens with zero attached hydrogens (tertiary/aromatic N) is 1. The predicted molar refractivity (Wildman–Crippen MR) is 174 cm³/mol. The Balaban J connectivity index is 1.57. The molecule has 2 aliphatic carbocycles. The van der Waals surface area contributed by atoms with Crippen molar-refractivity contribution in [3.8, 4) is 46.7 Å². The summed E-state index contributed by atoms with van der Waals surface area (Å²) in [5.41, 5.74) is 9.35. The zero-order valence-corrected chi connectivity index (χ0v) is 26.6. The number of carbonyl (C=O) groups excluding carboxylic acids is 1. The van der Waals surface area contributed by atoms with Gasteiger partial charge in [-0.2, -0.15) is 0 Å². The Labute approximate surface area is 270 Å². The summed E-state index contributed by atoms with van der Waals surface area (Å²) in [7, 11) is 1.44. The number of hydrogen-bond acceptors (Lipinski definition) is 8. The van der Waals surface area contributed by atoms with E-state index < -0.39 is 18.3 Å². The Hall–Kier alpha value is -4.38. The second kappa shape index (κ2) is 14.4. The number of phenols is 2. The first kappa shape index (κ1) is 33.0. The Bertz CT molecular complexity index is 1630. The first-order chi connectivity index (χ1) is 22.0. The lowest BCUT2D eigenvalue weighted by Crippen LogP contribution is -2.44. The van der Waals surface area contributed by atoms with Gasteiger partial charge in [0.25, 0.3) is 0 Å². The number of fused-ring (bicyclic) bond motifs is 4. The number of phenolic OH excluding ortho intramolecular Hbond substituents is 2. The van der Waals surface area contributed by atoms with E-state index in [1.54, 1.807) is 6.07 Å². The van der Waals surface area contributed by atoms with E-state index in [9.17, 15) is 25.2 Å². The topological polar surface area (TPSA) is 167 Å². The van der Waals surface area contributed by atoms with Crippen molar-refractivity contribution in [1.82, 2.24) is 5.32 Å². The molecule has 1 aliphatic heterocycles. The Kier molecular flexibility index (Phi) is 10.3. The summed E-state index contributed by atoms with van der Waals surface area (Å²) < 4.78 is 11.5. The largest absolute Gasteiger partial charge is 0.504 e. The SMILES string of the molecule is COc1c(O)ccc2c1C#CCc1cc3c4c(c1O)O[C@H](O)[C@@H](C4)[C@H](CNC(N)=NCC(C)C)CC#C[C@@H](C3)[C@@H](O)CC(=O)CC2. The van der Waals surface area contributed by atoms with Crippen molar-refractivity contribution >= 4 is 11.7 Å². The van der Waals surface area contributed by atoms with Gasteiger partial charge in [-0.3, -0.25) is 9.79 Å². The molecule has 2 aromatic carbocycles. The number of aliphatic imine (C=N–C) groups is 1. The van der Waals surface area contributed by atoms with Gasteiger partial charge in [-0.25, -0.2) is 0 Å². The van der Waals surface area contributed by atoms with E-state index >= 15 is 0 Å². The number of aliphatic hydroxyl groups excluding tert-OH is 2. The molecule has 3 aliphatic rings. The number of guanidine groups is 1. The van der Waals surface area contributed by atoms with E-state index in [4.69, 9.17) is 15.2 Å².